The van der Waals surface area contributed by atoms with Crippen LogP contribution in [0.2, 0.25) is 0 Å². The van der Waals surface area contributed by atoms with Crippen molar-refractivity contribution in [3.63, 3.8) is 0 Å². The molecule has 0 spiro atoms. The van der Waals surface area contributed by atoms with Crippen LogP contribution in [0.5, 0.6) is 0 Å². The van der Waals surface area contributed by atoms with E-state index < -0.39 is 32.3 Å². The van der Waals surface area contributed by atoms with E-state index in [0.29, 0.717) is 16.7 Å². The Labute approximate surface area is 524 Å². The summed E-state index contributed by atoms with van der Waals surface area (Å²) < 4.78 is 107. The molecule has 6 nitrogen and oxygen atoms in total. The molecule has 6 heteroatoms. The number of para-hydroxylation sites is 6. The third-order valence-corrected chi connectivity index (χ3v) is 19.1. The summed E-state index contributed by atoms with van der Waals surface area (Å²) in [4.78, 5) is 6.10. The maximum atomic E-state index is 9.32. The van der Waals surface area contributed by atoms with E-state index in [4.69, 9.17) is 27.0 Å². The molecule has 0 atom stereocenters. The minimum atomic E-state index is -2.12. The summed E-state index contributed by atoms with van der Waals surface area (Å²) in [6.45, 7) is 0.622. The van der Waals surface area contributed by atoms with Gasteiger partial charge in [0.05, 0.1) is 17.1 Å². The molecule has 3 saturated carbocycles. The standard InChI is InChI=1S/C28H31NO.2C26H27NO/c1-19-11-13-21(14-12-19)29(4)25-10-6-9-24-23-8-5-7-22(26(23)30-27(24)25)20-15-17-28(2,3)18-16-20;1-18-12-14-19(15-13-18)27(3)23-11-7-9-21-20-8-6-10-22(24(20)28-25(21)23)26(2)16-4-5-17-26;1-18-14-16-20(17-15-18)27(2)24-13-7-12-23-22-11-6-10-21(25(22)28-26(23)24)19-8-4-3-5-9-19/h5-14,20H,15-18H2,1-4H3;6-15H,4-5,16-17H2,1-3H3;6-7,10-17,19H,3-5,8-9H2,1-2H3/i1D3,20D;1D3;1D3,19D. The third-order valence-electron chi connectivity index (χ3n) is 19.1. The summed E-state index contributed by atoms with van der Waals surface area (Å²) in [6, 6.07) is 58.3. The lowest BCUT2D eigenvalue weighted by molar-refractivity contribution is 0.224. The number of aryl methyl sites for hydroxylation is 3. The number of nitrogens with zero attached hydrogens (tertiary/aromatic N) is 3. The molecular formula is C80H85N3O3. The molecule has 9 aromatic carbocycles. The van der Waals surface area contributed by atoms with Gasteiger partial charge in [0, 0.05) is 91.2 Å². The molecule has 3 fully saturated rings. The maximum absolute atomic E-state index is 9.32. The van der Waals surface area contributed by atoms with E-state index in [0.717, 1.165) is 162 Å². The number of rotatable bonds is 9. The highest BCUT2D eigenvalue weighted by molar-refractivity contribution is 6.12. The number of hydrogen-bond acceptors (Lipinski definition) is 6. The van der Waals surface area contributed by atoms with Crippen molar-refractivity contribution in [1.82, 2.24) is 0 Å². The molecule has 0 saturated heterocycles. The van der Waals surface area contributed by atoms with Gasteiger partial charge in [0.2, 0.25) is 0 Å². The Balaban J connectivity index is 0.000000131. The Hall–Kier alpha value is -8.22. The second kappa shape index (κ2) is 23.6. The van der Waals surface area contributed by atoms with Gasteiger partial charge in [-0.15, -0.1) is 0 Å². The lowest BCUT2D eigenvalue weighted by Gasteiger charge is -2.34. The van der Waals surface area contributed by atoms with E-state index in [1.54, 1.807) is 36.4 Å². The topological polar surface area (TPSA) is 49.1 Å². The van der Waals surface area contributed by atoms with Crippen molar-refractivity contribution in [3.05, 3.63) is 215 Å². The van der Waals surface area contributed by atoms with Crippen LogP contribution in [-0.4, -0.2) is 21.1 Å². The second-order valence-corrected chi connectivity index (χ2v) is 25.3. The van der Waals surface area contributed by atoms with Gasteiger partial charge in [0.25, 0.3) is 0 Å². The summed E-state index contributed by atoms with van der Waals surface area (Å²) in [7, 11) is 5.91. The minimum Gasteiger partial charge on any atom is -0.454 e. The molecule has 12 aromatic rings. The Morgan fingerprint density at radius 3 is 1.09 bits per heavy atom. The summed E-state index contributed by atoms with van der Waals surface area (Å²) in [5.41, 5.74) is 15.3. The number of hydrogen-bond donors (Lipinski definition) is 0. The lowest BCUT2D eigenvalue weighted by Crippen LogP contribution is -2.20. The van der Waals surface area contributed by atoms with Crippen molar-refractivity contribution in [2.24, 2.45) is 5.41 Å². The minimum absolute atomic E-state index is 0.171. The normalized spacial score (nSPS) is 19.2. The van der Waals surface area contributed by atoms with Gasteiger partial charge in [-0.3, -0.25) is 0 Å². The quantitative estimate of drug-likeness (QED) is 0.144. The zero-order chi connectivity index (χ0) is 68.6. The predicted octanol–water partition coefficient (Wildman–Crippen LogP) is 23.6. The summed E-state index contributed by atoms with van der Waals surface area (Å²) in [5.74, 6) is -1.23. The number of furan rings is 3. The highest BCUT2D eigenvalue weighted by atomic mass is 16.3. The van der Waals surface area contributed by atoms with Crippen molar-refractivity contribution in [1.29, 1.82) is 0 Å². The van der Waals surface area contributed by atoms with E-state index >= 15 is 0 Å². The average Bonchev–Trinajstić information content (AvgIpc) is 1.62. The van der Waals surface area contributed by atoms with Gasteiger partial charge in [-0.1, -0.05) is 197 Å². The van der Waals surface area contributed by atoms with E-state index in [-0.39, 0.29) is 10.8 Å². The summed E-state index contributed by atoms with van der Waals surface area (Å²) in [5, 5.41) is 6.42. The van der Waals surface area contributed by atoms with Crippen LogP contribution in [0.15, 0.2) is 195 Å². The molecule has 0 unspecified atom stereocenters. The van der Waals surface area contributed by atoms with Crippen LogP contribution in [0.3, 0.4) is 0 Å². The lowest BCUT2D eigenvalue weighted by atomic mass is 9.71. The molecule has 0 N–H and O–H groups in total. The Morgan fingerprint density at radius 1 is 0.360 bits per heavy atom. The SMILES string of the molecule is [2H]C([2H])([2H])c1ccc(N(C)c2cccc3c2oc2c(C4(C)CCCC4)cccc23)cc1.[2H]C([2H])([2H])c1ccc(N(C)c2cccc3c2oc2c(C4([2H])CCC(C)(C)CC4)cccc23)cc1.[2H]C([2H])([2H])c1ccc(N(C)c2cccc3c2oc2c(C4([2H])CCCCC4)cccc23)cc1. The first-order valence-corrected chi connectivity index (χ1v) is 30.9. The number of anilines is 6. The van der Waals surface area contributed by atoms with Crippen LogP contribution in [0.25, 0.3) is 65.8 Å². The highest BCUT2D eigenvalue weighted by Crippen LogP contribution is 2.49. The molecule has 86 heavy (non-hydrogen) atoms. The fourth-order valence-corrected chi connectivity index (χ4v) is 13.9. The molecule has 3 aromatic heterocycles. The van der Waals surface area contributed by atoms with E-state index in [1.165, 1.54) is 37.7 Å². The summed E-state index contributed by atoms with van der Waals surface area (Å²) >= 11 is 0. The van der Waals surface area contributed by atoms with Crippen LogP contribution in [0.1, 0.15) is 164 Å². The van der Waals surface area contributed by atoms with Gasteiger partial charge >= 0.3 is 0 Å². The van der Waals surface area contributed by atoms with Crippen molar-refractivity contribution in [2.75, 3.05) is 35.8 Å². The van der Waals surface area contributed by atoms with E-state index in [1.807, 2.05) is 104 Å². The molecule has 0 amide bonds. The van der Waals surface area contributed by atoms with Crippen molar-refractivity contribution >= 4 is 99.9 Å². The van der Waals surface area contributed by atoms with Crippen LogP contribution < -0.4 is 14.7 Å². The zero-order valence-electron chi connectivity index (χ0n) is 61.6. The van der Waals surface area contributed by atoms with E-state index in [2.05, 4.69) is 98.5 Å². The summed E-state index contributed by atoms with van der Waals surface area (Å²) in [6.07, 6.45) is 13.8. The molecule has 0 radical (unpaired) electrons. The Bertz CT molecular complexity index is 4820. The highest BCUT2D eigenvalue weighted by Gasteiger charge is 2.34. The fraction of sp³-hybridized carbons (Fsp3) is 0.325. The van der Waals surface area contributed by atoms with Crippen LogP contribution in [0, 0.1) is 26.0 Å². The van der Waals surface area contributed by atoms with Crippen molar-refractivity contribution in [3.8, 4) is 0 Å². The zero-order valence-corrected chi connectivity index (χ0v) is 50.6. The largest absolute Gasteiger partial charge is 0.454 e. The first kappa shape index (κ1) is 45.1. The first-order chi connectivity index (χ1) is 46.0. The van der Waals surface area contributed by atoms with Gasteiger partial charge in [0.1, 0.15) is 16.7 Å². The van der Waals surface area contributed by atoms with Crippen LogP contribution in [-0.2, 0) is 5.41 Å². The monoisotopic (exact) mass is 1150 g/mol. The van der Waals surface area contributed by atoms with Gasteiger partial charge in [-0.2, -0.15) is 0 Å². The molecule has 3 aliphatic carbocycles. The predicted molar refractivity (Wildman–Crippen MR) is 366 cm³/mol. The number of benzene rings is 9. The molecule has 0 aliphatic heterocycles. The molecule has 3 heterocycles. The third kappa shape index (κ3) is 10.9. The second-order valence-electron chi connectivity index (χ2n) is 25.3. The van der Waals surface area contributed by atoms with E-state index in [9.17, 15) is 1.37 Å². The molecule has 438 valence electrons. The smallest absolute Gasteiger partial charge is 0.159 e. The Kier molecular flexibility index (Phi) is 12.4. The average molecular weight is 1150 g/mol. The fourth-order valence-electron chi connectivity index (χ4n) is 13.9. The molecular weight excluding hydrogens is 1050 g/mol. The molecule has 3 aliphatic rings. The van der Waals surface area contributed by atoms with Gasteiger partial charge in [-0.25, -0.2) is 0 Å². The maximum Gasteiger partial charge on any atom is 0.159 e. The molecule has 15 rings (SSSR count). The van der Waals surface area contributed by atoms with Crippen LogP contribution in [0.4, 0.5) is 34.1 Å². The Morgan fingerprint density at radius 2 is 0.698 bits per heavy atom. The van der Waals surface area contributed by atoms with Crippen molar-refractivity contribution in [2.45, 2.75) is 142 Å². The van der Waals surface area contributed by atoms with Crippen LogP contribution >= 0.6 is 0 Å². The number of fused-ring (bicyclic) bond motifs is 9. The van der Waals surface area contributed by atoms with Gasteiger partial charge in [0.15, 0.2) is 16.7 Å². The molecule has 0 bridgehead atoms. The first-order valence-electron chi connectivity index (χ1n) is 36.4. The van der Waals surface area contributed by atoms with Gasteiger partial charge < -0.3 is 28.0 Å². The van der Waals surface area contributed by atoms with Gasteiger partial charge in [-0.05, 0) is 160 Å². The van der Waals surface area contributed by atoms with Crippen molar-refractivity contribution < 1.29 is 28.3 Å².